The van der Waals surface area contributed by atoms with E-state index in [0.717, 1.165) is 30.4 Å². The van der Waals surface area contributed by atoms with Crippen LogP contribution in [0.5, 0.6) is 0 Å². The number of nitrogens with one attached hydrogen (secondary N) is 1. The SMILES string of the molecule is CC(Cc1ccoc1)NC(=O)C1(c2ccccc2)CCOCC1. The number of carbonyl (C=O) groups is 1. The average Bonchev–Trinajstić information content (AvgIpc) is 3.09. The number of rotatable bonds is 5. The van der Waals surface area contributed by atoms with Crippen LogP contribution < -0.4 is 5.32 Å². The summed E-state index contributed by atoms with van der Waals surface area (Å²) in [6.45, 7) is 3.28. The quantitative estimate of drug-likeness (QED) is 0.923. The van der Waals surface area contributed by atoms with E-state index < -0.39 is 5.41 Å². The Labute approximate surface area is 136 Å². The number of benzene rings is 1. The Morgan fingerprint density at radius 2 is 1.96 bits per heavy atom. The monoisotopic (exact) mass is 313 g/mol. The first-order valence-electron chi connectivity index (χ1n) is 8.16. The summed E-state index contributed by atoms with van der Waals surface area (Å²) in [6.07, 6.45) is 5.60. The summed E-state index contributed by atoms with van der Waals surface area (Å²) >= 11 is 0. The maximum absolute atomic E-state index is 13.1. The summed E-state index contributed by atoms with van der Waals surface area (Å²) in [5.41, 5.74) is 1.69. The van der Waals surface area contributed by atoms with E-state index >= 15 is 0 Å². The summed E-state index contributed by atoms with van der Waals surface area (Å²) in [4.78, 5) is 13.1. The molecular formula is C19H23NO3. The van der Waals surface area contributed by atoms with Crippen LogP contribution in [0.2, 0.25) is 0 Å². The summed E-state index contributed by atoms with van der Waals surface area (Å²) in [7, 11) is 0. The van der Waals surface area contributed by atoms with Crippen molar-refractivity contribution in [1.29, 1.82) is 0 Å². The molecule has 4 heteroatoms. The van der Waals surface area contributed by atoms with Crippen LogP contribution in [0.25, 0.3) is 0 Å². The molecule has 1 fully saturated rings. The summed E-state index contributed by atoms with van der Waals surface area (Å²) < 4.78 is 10.6. The number of carbonyl (C=O) groups excluding carboxylic acids is 1. The van der Waals surface area contributed by atoms with Gasteiger partial charge in [-0.15, -0.1) is 0 Å². The highest BCUT2D eigenvalue weighted by atomic mass is 16.5. The Morgan fingerprint density at radius 3 is 2.61 bits per heavy atom. The predicted molar refractivity (Wildman–Crippen MR) is 88.2 cm³/mol. The molecule has 1 atom stereocenters. The molecule has 0 spiro atoms. The maximum atomic E-state index is 13.1. The molecule has 1 aromatic heterocycles. The van der Waals surface area contributed by atoms with Gasteiger partial charge in [-0.2, -0.15) is 0 Å². The molecule has 0 bridgehead atoms. The van der Waals surface area contributed by atoms with Gasteiger partial charge in [-0.3, -0.25) is 4.79 Å². The lowest BCUT2D eigenvalue weighted by Gasteiger charge is -2.37. The fourth-order valence-electron chi connectivity index (χ4n) is 3.30. The van der Waals surface area contributed by atoms with Crippen molar-refractivity contribution in [3.8, 4) is 0 Å². The van der Waals surface area contributed by atoms with Gasteiger partial charge in [0.1, 0.15) is 0 Å². The van der Waals surface area contributed by atoms with Gasteiger partial charge in [-0.05, 0) is 43.4 Å². The molecule has 1 aromatic carbocycles. The van der Waals surface area contributed by atoms with Crippen LogP contribution in [-0.4, -0.2) is 25.2 Å². The van der Waals surface area contributed by atoms with Crippen LogP contribution in [0.15, 0.2) is 53.3 Å². The molecule has 2 heterocycles. The Morgan fingerprint density at radius 1 is 1.22 bits per heavy atom. The Bertz CT molecular complexity index is 615. The molecule has 122 valence electrons. The fraction of sp³-hybridized carbons (Fsp3) is 0.421. The first-order valence-corrected chi connectivity index (χ1v) is 8.16. The first kappa shape index (κ1) is 15.8. The lowest BCUT2D eigenvalue weighted by Crippen LogP contribution is -2.50. The molecule has 0 radical (unpaired) electrons. The zero-order valence-corrected chi connectivity index (χ0v) is 13.5. The first-order chi connectivity index (χ1) is 11.2. The van der Waals surface area contributed by atoms with Crippen molar-refractivity contribution in [2.75, 3.05) is 13.2 Å². The van der Waals surface area contributed by atoms with Crippen LogP contribution in [0.3, 0.4) is 0 Å². The van der Waals surface area contributed by atoms with E-state index in [2.05, 4.69) is 5.32 Å². The zero-order valence-electron chi connectivity index (χ0n) is 13.5. The van der Waals surface area contributed by atoms with E-state index in [1.54, 1.807) is 12.5 Å². The van der Waals surface area contributed by atoms with Crippen molar-refractivity contribution in [2.24, 2.45) is 0 Å². The molecule has 1 aliphatic rings. The van der Waals surface area contributed by atoms with Gasteiger partial charge in [0.2, 0.25) is 5.91 Å². The van der Waals surface area contributed by atoms with Gasteiger partial charge in [0, 0.05) is 19.3 Å². The van der Waals surface area contributed by atoms with E-state index in [1.165, 1.54) is 0 Å². The van der Waals surface area contributed by atoms with Crippen molar-refractivity contribution >= 4 is 5.91 Å². The van der Waals surface area contributed by atoms with Crippen LogP contribution in [0.1, 0.15) is 30.9 Å². The summed E-state index contributed by atoms with van der Waals surface area (Å²) in [6, 6.07) is 12.1. The van der Waals surface area contributed by atoms with E-state index in [9.17, 15) is 4.79 Å². The lowest BCUT2D eigenvalue weighted by atomic mass is 9.73. The molecule has 3 rings (SSSR count). The van der Waals surface area contributed by atoms with E-state index in [1.807, 2.05) is 43.3 Å². The van der Waals surface area contributed by atoms with Crippen LogP contribution >= 0.6 is 0 Å². The normalized spacial score (nSPS) is 18.3. The lowest BCUT2D eigenvalue weighted by molar-refractivity contribution is -0.131. The highest BCUT2D eigenvalue weighted by Gasteiger charge is 2.41. The minimum atomic E-state index is -0.482. The molecule has 1 N–H and O–H groups in total. The van der Waals surface area contributed by atoms with Crippen molar-refractivity contribution in [3.05, 3.63) is 60.1 Å². The molecule has 0 saturated carbocycles. The van der Waals surface area contributed by atoms with Crippen LogP contribution in [0, 0.1) is 0 Å². The molecule has 1 aliphatic heterocycles. The second-order valence-corrected chi connectivity index (χ2v) is 6.27. The molecule has 0 aliphatic carbocycles. The summed E-state index contributed by atoms with van der Waals surface area (Å²) in [5.74, 6) is 0.1000. The van der Waals surface area contributed by atoms with Gasteiger partial charge < -0.3 is 14.5 Å². The third kappa shape index (κ3) is 3.48. The third-order valence-electron chi connectivity index (χ3n) is 4.61. The smallest absolute Gasteiger partial charge is 0.231 e. The highest BCUT2D eigenvalue weighted by Crippen LogP contribution is 2.35. The van der Waals surface area contributed by atoms with Gasteiger partial charge in [0.15, 0.2) is 0 Å². The topological polar surface area (TPSA) is 51.5 Å². The van der Waals surface area contributed by atoms with E-state index in [-0.39, 0.29) is 11.9 Å². The Balaban J connectivity index is 1.75. The number of furan rings is 1. The van der Waals surface area contributed by atoms with E-state index in [4.69, 9.17) is 9.15 Å². The number of hydrogen-bond donors (Lipinski definition) is 1. The number of hydrogen-bond acceptors (Lipinski definition) is 3. The highest BCUT2D eigenvalue weighted by molar-refractivity contribution is 5.88. The second kappa shape index (κ2) is 7.01. The average molecular weight is 313 g/mol. The van der Waals surface area contributed by atoms with Gasteiger partial charge >= 0.3 is 0 Å². The largest absolute Gasteiger partial charge is 0.472 e. The number of amides is 1. The van der Waals surface area contributed by atoms with Crippen molar-refractivity contribution in [3.63, 3.8) is 0 Å². The molecule has 1 unspecified atom stereocenters. The van der Waals surface area contributed by atoms with Gasteiger partial charge in [0.25, 0.3) is 0 Å². The van der Waals surface area contributed by atoms with Gasteiger partial charge in [0.05, 0.1) is 17.9 Å². The molecule has 23 heavy (non-hydrogen) atoms. The minimum Gasteiger partial charge on any atom is -0.472 e. The Hall–Kier alpha value is -2.07. The van der Waals surface area contributed by atoms with E-state index in [0.29, 0.717) is 13.2 Å². The van der Waals surface area contributed by atoms with Crippen LogP contribution in [-0.2, 0) is 21.4 Å². The van der Waals surface area contributed by atoms with Crippen molar-refractivity contribution < 1.29 is 13.9 Å². The Kier molecular flexibility index (Phi) is 4.82. The minimum absolute atomic E-state index is 0.0588. The summed E-state index contributed by atoms with van der Waals surface area (Å²) in [5, 5.41) is 3.19. The number of ether oxygens (including phenoxy) is 1. The molecular weight excluding hydrogens is 290 g/mol. The molecule has 1 amide bonds. The van der Waals surface area contributed by atoms with Gasteiger partial charge in [-0.1, -0.05) is 30.3 Å². The zero-order chi connectivity index (χ0) is 16.1. The standard InChI is InChI=1S/C19H23NO3/c1-15(13-16-7-10-23-14-16)20-18(21)19(8-11-22-12-9-19)17-5-3-2-4-6-17/h2-7,10,14-15H,8-9,11-13H2,1H3,(H,20,21). The van der Waals surface area contributed by atoms with Crippen molar-refractivity contribution in [1.82, 2.24) is 5.32 Å². The van der Waals surface area contributed by atoms with Crippen LogP contribution in [0.4, 0.5) is 0 Å². The molecule has 4 nitrogen and oxygen atoms in total. The third-order valence-corrected chi connectivity index (χ3v) is 4.61. The molecule has 2 aromatic rings. The van der Waals surface area contributed by atoms with Gasteiger partial charge in [-0.25, -0.2) is 0 Å². The molecule has 1 saturated heterocycles. The van der Waals surface area contributed by atoms with Crippen molar-refractivity contribution in [2.45, 2.75) is 37.6 Å². The second-order valence-electron chi connectivity index (χ2n) is 6.27. The fourth-order valence-corrected chi connectivity index (χ4v) is 3.30. The predicted octanol–water partition coefficient (Wildman–Crippen LogP) is 3.08. The maximum Gasteiger partial charge on any atom is 0.231 e.